The van der Waals surface area contributed by atoms with Gasteiger partial charge in [-0.3, -0.25) is 4.90 Å². The van der Waals surface area contributed by atoms with Crippen LogP contribution >= 0.6 is 0 Å². The van der Waals surface area contributed by atoms with Gasteiger partial charge in [0.05, 0.1) is 11.5 Å². The number of sulfonamides is 1. The smallest absolute Gasteiger partial charge is 0.238 e. The fourth-order valence-electron chi connectivity index (χ4n) is 1.39. The highest BCUT2D eigenvalue weighted by Gasteiger charge is 2.08. The van der Waals surface area contributed by atoms with Crippen LogP contribution in [0.4, 0.5) is 0 Å². The molecule has 0 heterocycles. The number of hydrogen-bond donors (Lipinski definition) is 2. The molecule has 1 unspecified atom stereocenters. The Morgan fingerprint density at radius 1 is 1.37 bits per heavy atom. The minimum absolute atomic E-state index is 0.0610. The Bertz CT molecular complexity index is 487. The maximum Gasteiger partial charge on any atom is 0.238 e. The number of aliphatic hydroxyl groups excluding tert-OH is 1. The van der Waals surface area contributed by atoms with E-state index in [9.17, 15) is 8.42 Å². The van der Waals surface area contributed by atoms with Gasteiger partial charge in [0, 0.05) is 12.6 Å². The van der Waals surface area contributed by atoms with Gasteiger partial charge in [-0.25, -0.2) is 13.6 Å². The van der Waals surface area contributed by atoms with Crippen LogP contribution in [-0.4, -0.2) is 51.3 Å². The van der Waals surface area contributed by atoms with Gasteiger partial charge in [0.2, 0.25) is 10.0 Å². The molecule has 1 aromatic rings. The van der Waals surface area contributed by atoms with Crippen LogP contribution in [0.15, 0.2) is 29.2 Å². The maximum absolute atomic E-state index is 11.1. The second-order valence-electron chi connectivity index (χ2n) is 4.38. The number of benzene rings is 1. The van der Waals surface area contributed by atoms with Gasteiger partial charge < -0.3 is 9.84 Å². The minimum Gasteiger partial charge on any atom is -0.492 e. The Morgan fingerprint density at radius 2 is 1.95 bits per heavy atom. The quantitative estimate of drug-likeness (QED) is 0.738. The summed E-state index contributed by atoms with van der Waals surface area (Å²) in [5, 5.41) is 14.0. The zero-order valence-electron chi connectivity index (χ0n) is 11.1. The van der Waals surface area contributed by atoms with Crippen molar-refractivity contribution in [2.45, 2.75) is 17.9 Å². The second-order valence-corrected chi connectivity index (χ2v) is 5.94. The predicted octanol–water partition coefficient (Wildman–Crippen LogP) is 0.0254. The van der Waals surface area contributed by atoms with Crippen molar-refractivity contribution in [3.05, 3.63) is 24.3 Å². The molecule has 0 bridgehead atoms. The molecule has 0 aromatic heterocycles. The number of hydrogen-bond acceptors (Lipinski definition) is 5. The first kappa shape index (κ1) is 15.9. The van der Waals surface area contributed by atoms with Gasteiger partial charge in [0.25, 0.3) is 0 Å². The molecule has 1 rings (SSSR count). The highest BCUT2D eigenvalue weighted by atomic mass is 32.2. The van der Waals surface area contributed by atoms with Crippen molar-refractivity contribution in [3.8, 4) is 5.75 Å². The number of likely N-dealkylation sites (N-methyl/N-ethyl adjacent to an activating group) is 1. The Hall–Kier alpha value is -1.15. The van der Waals surface area contributed by atoms with E-state index in [0.717, 1.165) is 0 Å². The van der Waals surface area contributed by atoms with Crippen molar-refractivity contribution in [2.24, 2.45) is 5.14 Å². The molecule has 3 N–H and O–H groups in total. The molecule has 1 aromatic carbocycles. The van der Waals surface area contributed by atoms with Gasteiger partial charge in [-0.1, -0.05) is 0 Å². The SMILES string of the molecule is CC(CO)N(C)CCOc1ccc(S(N)(=O)=O)cc1. The molecular formula is C12H20N2O4S. The molecular weight excluding hydrogens is 268 g/mol. The van der Waals surface area contributed by atoms with Gasteiger partial charge in [-0.15, -0.1) is 0 Å². The fourth-order valence-corrected chi connectivity index (χ4v) is 1.91. The second kappa shape index (κ2) is 6.85. The monoisotopic (exact) mass is 288 g/mol. The number of aliphatic hydroxyl groups is 1. The van der Waals surface area contributed by atoms with E-state index >= 15 is 0 Å². The summed E-state index contributed by atoms with van der Waals surface area (Å²) in [5.41, 5.74) is 0. The average Bonchev–Trinajstić information content (AvgIpc) is 2.37. The van der Waals surface area contributed by atoms with Gasteiger partial charge in [0.15, 0.2) is 0 Å². The van der Waals surface area contributed by atoms with Gasteiger partial charge in [-0.2, -0.15) is 0 Å². The Morgan fingerprint density at radius 3 is 2.42 bits per heavy atom. The molecule has 0 spiro atoms. The van der Waals surface area contributed by atoms with Gasteiger partial charge in [-0.05, 0) is 38.2 Å². The molecule has 108 valence electrons. The lowest BCUT2D eigenvalue weighted by Crippen LogP contribution is -2.35. The molecule has 6 nitrogen and oxygen atoms in total. The van der Waals surface area contributed by atoms with Crippen molar-refractivity contribution in [1.82, 2.24) is 4.90 Å². The number of ether oxygens (including phenoxy) is 1. The van der Waals surface area contributed by atoms with E-state index in [2.05, 4.69) is 0 Å². The van der Waals surface area contributed by atoms with Crippen molar-refractivity contribution in [1.29, 1.82) is 0 Å². The Balaban J connectivity index is 2.47. The van der Waals surface area contributed by atoms with Crippen LogP contribution in [0.3, 0.4) is 0 Å². The van der Waals surface area contributed by atoms with E-state index in [4.69, 9.17) is 15.0 Å². The van der Waals surface area contributed by atoms with Gasteiger partial charge >= 0.3 is 0 Å². The zero-order valence-corrected chi connectivity index (χ0v) is 11.9. The van der Waals surface area contributed by atoms with Crippen molar-refractivity contribution in [2.75, 3.05) is 26.8 Å². The summed E-state index contributed by atoms with van der Waals surface area (Å²) >= 11 is 0. The summed E-state index contributed by atoms with van der Waals surface area (Å²) in [5.74, 6) is 0.581. The largest absolute Gasteiger partial charge is 0.492 e. The van der Waals surface area contributed by atoms with Crippen LogP contribution in [0, 0.1) is 0 Å². The standard InChI is InChI=1S/C12H20N2O4S/c1-10(9-15)14(2)7-8-18-11-3-5-12(6-4-11)19(13,16)17/h3-6,10,15H,7-9H2,1-2H3,(H2,13,16,17). The topological polar surface area (TPSA) is 92.9 Å². The first-order valence-electron chi connectivity index (χ1n) is 5.91. The molecule has 0 radical (unpaired) electrons. The van der Waals surface area contributed by atoms with E-state index < -0.39 is 10.0 Å². The lowest BCUT2D eigenvalue weighted by molar-refractivity contribution is 0.140. The van der Waals surface area contributed by atoms with Crippen molar-refractivity contribution < 1.29 is 18.3 Å². The molecule has 0 aliphatic carbocycles. The summed E-state index contributed by atoms with van der Waals surface area (Å²) in [6, 6.07) is 6.02. The predicted molar refractivity (Wildman–Crippen MR) is 72.5 cm³/mol. The van der Waals surface area contributed by atoms with Crippen LogP contribution in [-0.2, 0) is 10.0 Å². The van der Waals surface area contributed by atoms with Crippen LogP contribution in [0.25, 0.3) is 0 Å². The highest BCUT2D eigenvalue weighted by Crippen LogP contribution is 2.14. The van der Waals surface area contributed by atoms with Crippen molar-refractivity contribution >= 4 is 10.0 Å². The molecule has 0 saturated carbocycles. The molecule has 0 fully saturated rings. The molecule has 0 amide bonds. The summed E-state index contributed by atoms with van der Waals surface area (Å²) in [4.78, 5) is 2.03. The summed E-state index contributed by atoms with van der Waals surface area (Å²) in [6.07, 6.45) is 0. The fraction of sp³-hybridized carbons (Fsp3) is 0.500. The van der Waals surface area contributed by atoms with E-state index in [1.165, 1.54) is 12.1 Å². The maximum atomic E-state index is 11.1. The molecule has 7 heteroatoms. The lowest BCUT2D eigenvalue weighted by Gasteiger charge is -2.22. The minimum atomic E-state index is -3.66. The normalized spacial score (nSPS) is 13.5. The van der Waals surface area contributed by atoms with Crippen molar-refractivity contribution in [3.63, 3.8) is 0 Å². The third kappa shape index (κ3) is 5.15. The number of nitrogens with zero attached hydrogens (tertiary/aromatic N) is 1. The molecule has 0 aliphatic rings. The zero-order chi connectivity index (χ0) is 14.5. The molecule has 0 saturated heterocycles. The highest BCUT2D eigenvalue weighted by molar-refractivity contribution is 7.89. The number of nitrogens with two attached hydrogens (primary N) is 1. The first-order valence-corrected chi connectivity index (χ1v) is 7.46. The average molecular weight is 288 g/mol. The third-order valence-corrected chi connectivity index (χ3v) is 3.81. The third-order valence-electron chi connectivity index (χ3n) is 2.88. The number of primary sulfonamides is 1. The van der Waals surface area contributed by atoms with Crippen LogP contribution in [0.1, 0.15) is 6.92 Å². The van der Waals surface area contributed by atoms with E-state index in [1.807, 2.05) is 18.9 Å². The number of rotatable bonds is 7. The van der Waals surface area contributed by atoms with Crippen LogP contribution < -0.4 is 9.88 Å². The van der Waals surface area contributed by atoms with E-state index in [1.54, 1.807) is 12.1 Å². The molecule has 19 heavy (non-hydrogen) atoms. The molecule has 1 atom stereocenters. The Labute approximate surface area is 113 Å². The van der Waals surface area contributed by atoms with Crippen LogP contribution in [0.2, 0.25) is 0 Å². The van der Waals surface area contributed by atoms with Gasteiger partial charge in [0.1, 0.15) is 12.4 Å². The Kier molecular flexibility index (Phi) is 5.74. The van der Waals surface area contributed by atoms with Crippen LogP contribution in [0.5, 0.6) is 5.75 Å². The summed E-state index contributed by atoms with van der Waals surface area (Å²) in [7, 11) is -1.76. The van der Waals surface area contributed by atoms with E-state index in [0.29, 0.717) is 18.9 Å². The molecule has 0 aliphatic heterocycles. The summed E-state index contributed by atoms with van der Waals surface area (Å²) in [6.45, 7) is 3.13. The lowest BCUT2D eigenvalue weighted by atomic mass is 10.3. The van der Waals surface area contributed by atoms with E-state index in [-0.39, 0.29) is 17.5 Å². The first-order chi connectivity index (χ1) is 8.84. The summed E-state index contributed by atoms with van der Waals surface area (Å²) < 4.78 is 27.6.